The topological polar surface area (TPSA) is 104 Å². The lowest BCUT2D eigenvalue weighted by molar-refractivity contribution is -0.116. The van der Waals surface area contributed by atoms with E-state index in [0.29, 0.717) is 23.8 Å². The number of tetrazole rings is 1. The van der Waals surface area contributed by atoms with Crippen molar-refractivity contribution >= 4 is 35.2 Å². The lowest BCUT2D eigenvalue weighted by Gasteiger charge is -2.25. The largest absolute Gasteiger partial charge is 0.307 e. The second-order valence-electron chi connectivity index (χ2n) is 9.77. The zero-order valence-electron chi connectivity index (χ0n) is 21.8. The fourth-order valence-corrected chi connectivity index (χ4v) is 5.79. The van der Waals surface area contributed by atoms with Gasteiger partial charge in [0.05, 0.1) is 12.3 Å². The van der Waals surface area contributed by atoms with Gasteiger partial charge in [-0.05, 0) is 64.9 Å². The van der Waals surface area contributed by atoms with Crippen LogP contribution in [0, 0.1) is 0 Å². The molecule has 1 aromatic heterocycles. The zero-order valence-corrected chi connectivity index (χ0v) is 22.6. The van der Waals surface area contributed by atoms with Crippen molar-refractivity contribution in [1.82, 2.24) is 20.6 Å². The summed E-state index contributed by atoms with van der Waals surface area (Å²) in [5.41, 5.74) is 4.86. The van der Waals surface area contributed by atoms with E-state index in [9.17, 15) is 9.59 Å². The summed E-state index contributed by atoms with van der Waals surface area (Å²) in [6, 6.07) is 26.0. The number of nitrogens with zero attached hydrogens (tertiary/aromatic N) is 4. The van der Waals surface area contributed by atoms with Crippen molar-refractivity contribution in [2.75, 3.05) is 16.0 Å². The number of thioether (sulfide) groups is 1. The molecule has 2 amide bonds. The Kier molecular flexibility index (Phi) is 9.01. The number of carbonyl (C=O) groups excluding carboxylic acids is 2. The summed E-state index contributed by atoms with van der Waals surface area (Å²) in [5.74, 6) is 1.62. The van der Waals surface area contributed by atoms with Crippen molar-refractivity contribution in [1.29, 1.82) is 0 Å². The van der Waals surface area contributed by atoms with Crippen LogP contribution in [0.5, 0.6) is 0 Å². The fraction of sp³-hybridized carbons (Fsp3) is 0.300. The van der Waals surface area contributed by atoms with Crippen LogP contribution in [0.1, 0.15) is 65.1 Å². The van der Waals surface area contributed by atoms with Gasteiger partial charge in [-0.15, -0.1) is 16.9 Å². The molecule has 8 nitrogen and oxygen atoms in total. The van der Waals surface area contributed by atoms with Crippen molar-refractivity contribution in [3.63, 3.8) is 0 Å². The zero-order chi connectivity index (χ0) is 26.9. The van der Waals surface area contributed by atoms with Crippen LogP contribution in [0.15, 0.2) is 78.9 Å². The summed E-state index contributed by atoms with van der Waals surface area (Å²) in [7, 11) is 0. The molecule has 0 unspecified atom stereocenters. The molecular weight excluding hydrogens is 508 g/mol. The summed E-state index contributed by atoms with van der Waals surface area (Å²) in [5, 5.41) is 15.8. The minimum atomic E-state index is -0.327. The molecule has 0 spiro atoms. The Morgan fingerprint density at radius 3 is 2.33 bits per heavy atom. The van der Waals surface area contributed by atoms with Crippen LogP contribution in [0.4, 0.5) is 11.6 Å². The SMILES string of the molecule is O=C(Nc1nn[nH]n1)c1ccc(CN(C(=O)CSCc2ccccc2)c2ccc(C3CCCCC3)cc2)cc1. The van der Waals surface area contributed by atoms with Gasteiger partial charge in [0.25, 0.3) is 11.9 Å². The molecular formula is C30H32N6O2S. The van der Waals surface area contributed by atoms with E-state index in [1.54, 1.807) is 23.9 Å². The first-order valence-corrected chi connectivity index (χ1v) is 14.5. The molecule has 0 bridgehead atoms. The number of carbonyl (C=O) groups is 2. The van der Waals surface area contributed by atoms with Crippen LogP contribution in [0.3, 0.4) is 0 Å². The predicted molar refractivity (Wildman–Crippen MR) is 155 cm³/mol. The highest BCUT2D eigenvalue weighted by atomic mass is 32.2. The van der Waals surface area contributed by atoms with Gasteiger partial charge in [-0.3, -0.25) is 14.9 Å². The van der Waals surface area contributed by atoms with Gasteiger partial charge in [0.15, 0.2) is 0 Å². The Morgan fingerprint density at radius 2 is 1.64 bits per heavy atom. The van der Waals surface area contributed by atoms with E-state index in [1.165, 1.54) is 43.2 Å². The Balaban J connectivity index is 1.29. The Labute approximate surface area is 232 Å². The van der Waals surface area contributed by atoms with Gasteiger partial charge in [0.2, 0.25) is 5.91 Å². The smallest absolute Gasteiger partial charge is 0.270 e. The van der Waals surface area contributed by atoms with E-state index in [2.05, 4.69) is 62.3 Å². The highest BCUT2D eigenvalue weighted by molar-refractivity contribution is 7.99. The molecule has 200 valence electrons. The molecule has 9 heteroatoms. The monoisotopic (exact) mass is 540 g/mol. The van der Waals surface area contributed by atoms with E-state index in [0.717, 1.165) is 17.0 Å². The van der Waals surface area contributed by atoms with Crippen molar-refractivity contribution in [3.8, 4) is 0 Å². The average Bonchev–Trinajstić information content (AvgIpc) is 3.50. The minimum absolute atomic E-state index is 0.0558. The third-order valence-corrected chi connectivity index (χ3v) is 8.04. The molecule has 1 heterocycles. The maximum absolute atomic E-state index is 13.5. The van der Waals surface area contributed by atoms with E-state index in [4.69, 9.17) is 0 Å². The minimum Gasteiger partial charge on any atom is -0.307 e. The van der Waals surface area contributed by atoms with Crippen LogP contribution in [-0.2, 0) is 17.1 Å². The normalized spacial score (nSPS) is 13.6. The first-order chi connectivity index (χ1) is 19.2. The quantitative estimate of drug-likeness (QED) is 0.257. The Morgan fingerprint density at radius 1 is 0.897 bits per heavy atom. The third kappa shape index (κ3) is 7.32. The van der Waals surface area contributed by atoms with E-state index >= 15 is 0 Å². The van der Waals surface area contributed by atoms with Crippen LogP contribution in [-0.4, -0.2) is 38.2 Å². The van der Waals surface area contributed by atoms with Gasteiger partial charge in [-0.2, -0.15) is 5.21 Å². The van der Waals surface area contributed by atoms with E-state index in [1.807, 2.05) is 35.2 Å². The predicted octanol–water partition coefficient (Wildman–Crippen LogP) is 5.97. The molecule has 0 saturated heterocycles. The molecule has 3 aromatic carbocycles. The van der Waals surface area contributed by atoms with Gasteiger partial charge in [0, 0.05) is 17.0 Å². The Bertz CT molecular complexity index is 1340. The number of benzene rings is 3. The van der Waals surface area contributed by atoms with Gasteiger partial charge in [-0.25, -0.2) is 0 Å². The van der Waals surface area contributed by atoms with Crippen LogP contribution in [0.2, 0.25) is 0 Å². The number of hydrogen-bond acceptors (Lipinski definition) is 6. The molecule has 2 N–H and O–H groups in total. The molecule has 1 aliphatic carbocycles. The second kappa shape index (κ2) is 13.2. The molecule has 0 atom stereocenters. The van der Waals surface area contributed by atoms with Crippen molar-refractivity contribution < 1.29 is 9.59 Å². The van der Waals surface area contributed by atoms with Gasteiger partial charge >= 0.3 is 0 Å². The summed E-state index contributed by atoms with van der Waals surface area (Å²) >= 11 is 1.62. The number of amides is 2. The number of hydrogen-bond donors (Lipinski definition) is 2. The summed E-state index contributed by atoms with van der Waals surface area (Å²) in [6.07, 6.45) is 6.39. The third-order valence-electron chi connectivity index (χ3n) is 7.05. The highest BCUT2D eigenvalue weighted by Gasteiger charge is 2.19. The number of rotatable bonds is 10. The van der Waals surface area contributed by atoms with Crippen molar-refractivity contribution in [2.45, 2.75) is 50.3 Å². The molecule has 0 aliphatic heterocycles. The van der Waals surface area contributed by atoms with Crippen LogP contribution >= 0.6 is 11.8 Å². The summed E-state index contributed by atoms with van der Waals surface area (Å²) in [6.45, 7) is 0.417. The van der Waals surface area contributed by atoms with Crippen LogP contribution < -0.4 is 10.2 Å². The summed E-state index contributed by atoms with van der Waals surface area (Å²) < 4.78 is 0. The second-order valence-corrected chi connectivity index (χ2v) is 10.8. The van der Waals surface area contributed by atoms with Gasteiger partial charge in [0.1, 0.15) is 0 Å². The molecule has 39 heavy (non-hydrogen) atoms. The number of nitrogens with one attached hydrogen (secondary N) is 2. The van der Waals surface area contributed by atoms with Crippen LogP contribution in [0.25, 0.3) is 0 Å². The van der Waals surface area contributed by atoms with Crippen molar-refractivity contribution in [3.05, 3.63) is 101 Å². The maximum Gasteiger partial charge on any atom is 0.270 e. The number of aromatic amines is 1. The lowest BCUT2D eigenvalue weighted by Crippen LogP contribution is -2.32. The fourth-order valence-electron chi connectivity index (χ4n) is 4.93. The standard InChI is InChI=1S/C30H32N6O2S/c37-28(21-39-20-23-7-3-1-4-8-23)36(27-17-15-25(16-18-27)24-9-5-2-6-10-24)19-22-11-13-26(14-12-22)29(38)31-30-32-34-35-33-30/h1,3-4,7-8,11-18,24H,2,5-6,9-10,19-21H2,(H2,31,32,33,34,35,38). The summed E-state index contributed by atoms with van der Waals surface area (Å²) in [4.78, 5) is 27.8. The van der Waals surface area contributed by atoms with E-state index in [-0.39, 0.29) is 17.8 Å². The molecule has 1 fully saturated rings. The van der Waals surface area contributed by atoms with Gasteiger partial charge in [-0.1, -0.05) is 79.0 Å². The van der Waals surface area contributed by atoms with E-state index < -0.39 is 0 Å². The van der Waals surface area contributed by atoms with Gasteiger partial charge < -0.3 is 4.90 Å². The molecule has 4 aromatic rings. The molecule has 1 saturated carbocycles. The highest BCUT2D eigenvalue weighted by Crippen LogP contribution is 2.33. The number of anilines is 2. The lowest BCUT2D eigenvalue weighted by atomic mass is 9.84. The first kappa shape index (κ1) is 26.6. The average molecular weight is 541 g/mol. The molecule has 0 radical (unpaired) electrons. The number of aromatic nitrogens is 4. The Hall–Kier alpha value is -3.98. The maximum atomic E-state index is 13.5. The number of H-pyrrole nitrogens is 1. The molecule has 1 aliphatic rings. The first-order valence-electron chi connectivity index (χ1n) is 13.3. The molecule has 5 rings (SSSR count). The van der Waals surface area contributed by atoms with Crippen molar-refractivity contribution in [2.24, 2.45) is 0 Å².